The van der Waals surface area contributed by atoms with Gasteiger partial charge in [-0.05, 0) is 50.6 Å². The van der Waals surface area contributed by atoms with Crippen LogP contribution in [0.15, 0.2) is 81.1 Å². The Balaban J connectivity index is 1.88. The number of nitrogens with zero attached hydrogens (tertiary/aromatic N) is 1. The zero-order chi connectivity index (χ0) is 22.8. The van der Waals surface area contributed by atoms with Crippen molar-refractivity contribution >= 4 is 16.8 Å². The van der Waals surface area contributed by atoms with Crippen LogP contribution in [0.2, 0.25) is 0 Å². The van der Waals surface area contributed by atoms with Crippen LogP contribution in [0.1, 0.15) is 35.3 Å². The highest BCUT2D eigenvalue weighted by atomic mass is 16.5. The topological polar surface area (TPSA) is 98.1 Å². The molecule has 0 bridgehead atoms. The molecule has 0 saturated carbocycles. The maximum absolute atomic E-state index is 13.2. The van der Waals surface area contributed by atoms with Gasteiger partial charge in [0.05, 0.1) is 10.9 Å². The fourth-order valence-electron chi connectivity index (χ4n) is 3.82. The summed E-state index contributed by atoms with van der Waals surface area (Å²) in [6, 6.07) is 20.4. The molecular weight excluding hydrogens is 404 g/mol. The summed E-state index contributed by atoms with van der Waals surface area (Å²) in [6.07, 6.45) is -0.473. The summed E-state index contributed by atoms with van der Waals surface area (Å²) >= 11 is 0. The molecule has 162 valence electrons. The lowest BCUT2D eigenvalue weighted by Gasteiger charge is -2.19. The zero-order valence-electron chi connectivity index (χ0n) is 18.1. The van der Waals surface area contributed by atoms with Gasteiger partial charge >= 0.3 is 0 Å². The van der Waals surface area contributed by atoms with E-state index in [9.17, 15) is 4.79 Å². The van der Waals surface area contributed by atoms with Gasteiger partial charge in [0.25, 0.3) is 0 Å². The first-order valence-electron chi connectivity index (χ1n) is 10.3. The highest BCUT2D eigenvalue weighted by Gasteiger charge is 2.21. The molecular formula is C26H24N2O4. The molecule has 0 aliphatic heterocycles. The first kappa shape index (κ1) is 21.2. The number of ether oxygens (including phenoxy) is 1. The fourth-order valence-corrected chi connectivity index (χ4v) is 3.82. The molecule has 3 aromatic carbocycles. The number of fused-ring (bicyclic) bond motifs is 1. The van der Waals surface area contributed by atoms with Gasteiger partial charge in [-0.15, -0.1) is 0 Å². The van der Waals surface area contributed by atoms with Crippen LogP contribution in [0, 0.1) is 13.8 Å². The van der Waals surface area contributed by atoms with Crippen molar-refractivity contribution in [3.63, 3.8) is 0 Å². The lowest BCUT2D eigenvalue weighted by atomic mass is 10.00. The van der Waals surface area contributed by atoms with Crippen LogP contribution in [-0.2, 0) is 0 Å². The second-order valence-electron chi connectivity index (χ2n) is 7.72. The predicted octanol–water partition coefficient (Wildman–Crippen LogP) is 5.31. The Labute approximate surface area is 185 Å². The second-order valence-corrected chi connectivity index (χ2v) is 7.72. The van der Waals surface area contributed by atoms with Crippen LogP contribution in [0.4, 0.5) is 0 Å². The van der Waals surface area contributed by atoms with E-state index in [4.69, 9.17) is 20.1 Å². The Morgan fingerprint density at radius 2 is 1.75 bits per heavy atom. The van der Waals surface area contributed by atoms with Crippen LogP contribution in [-0.4, -0.2) is 11.0 Å². The monoisotopic (exact) mass is 428 g/mol. The van der Waals surface area contributed by atoms with Gasteiger partial charge in [0, 0.05) is 16.7 Å². The molecule has 6 heteroatoms. The van der Waals surface area contributed by atoms with Crippen molar-refractivity contribution in [3.05, 3.63) is 99.2 Å². The standard InChI is InChI=1S/C26H24N2O4/c1-15-13-20(17(3)31-22-12-8-7-11-19(22)26(27)28-30)25-21(14-15)23(29)16(2)24(32-25)18-9-5-4-6-10-18/h4-14,17,30H,1-3H3,(H2,27,28)/t17-/m1/s1. The van der Waals surface area contributed by atoms with Crippen molar-refractivity contribution in [2.45, 2.75) is 26.9 Å². The SMILES string of the molecule is Cc1cc([C@@H](C)Oc2ccccc2C(N)=NO)c2oc(-c3ccccc3)c(C)c(=O)c2c1. The number of amidine groups is 1. The van der Waals surface area contributed by atoms with E-state index in [0.717, 1.165) is 16.7 Å². The molecule has 6 nitrogen and oxygen atoms in total. The van der Waals surface area contributed by atoms with Gasteiger partial charge in [0.15, 0.2) is 11.3 Å². The number of para-hydroxylation sites is 1. The molecule has 4 rings (SSSR count). The first-order valence-corrected chi connectivity index (χ1v) is 10.3. The zero-order valence-corrected chi connectivity index (χ0v) is 18.1. The van der Waals surface area contributed by atoms with Gasteiger partial charge in [-0.2, -0.15) is 0 Å². The molecule has 4 aromatic rings. The minimum Gasteiger partial charge on any atom is -0.485 e. The van der Waals surface area contributed by atoms with Crippen molar-refractivity contribution in [1.82, 2.24) is 0 Å². The number of benzene rings is 3. The average molecular weight is 428 g/mol. The number of hydrogen-bond donors (Lipinski definition) is 2. The van der Waals surface area contributed by atoms with Gasteiger partial charge in [-0.1, -0.05) is 47.6 Å². The largest absolute Gasteiger partial charge is 0.485 e. The van der Waals surface area contributed by atoms with Crippen molar-refractivity contribution in [3.8, 4) is 17.1 Å². The Kier molecular flexibility index (Phi) is 5.69. The number of aryl methyl sites for hydroxylation is 1. The number of rotatable bonds is 5. The van der Waals surface area contributed by atoms with E-state index in [0.29, 0.717) is 33.6 Å². The highest BCUT2D eigenvalue weighted by molar-refractivity contribution is 5.99. The summed E-state index contributed by atoms with van der Waals surface area (Å²) in [6.45, 7) is 5.59. The Bertz CT molecular complexity index is 1370. The number of hydrogen-bond acceptors (Lipinski definition) is 5. The minimum atomic E-state index is -0.473. The molecule has 0 unspecified atom stereocenters. The van der Waals surface area contributed by atoms with Gasteiger partial charge in [-0.3, -0.25) is 4.79 Å². The summed E-state index contributed by atoms with van der Waals surface area (Å²) in [4.78, 5) is 13.2. The van der Waals surface area contributed by atoms with Crippen molar-refractivity contribution in [1.29, 1.82) is 0 Å². The molecule has 1 atom stereocenters. The van der Waals surface area contributed by atoms with Crippen LogP contribution in [0.5, 0.6) is 5.75 Å². The van der Waals surface area contributed by atoms with E-state index in [-0.39, 0.29) is 11.3 Å². The summed E-state index contributed by atoms with van der Waals surface area (Å²) in [5, 5.41) is 12.7. The molecule has 32 heavy (non-hydrogen) atoms. The Morgan fingerprint density at radius 1 is 1.06 bits per heavy atom. The Hall–Kier alpha value is -4.06. The van der Waals surface area contributed by atoms with Crippen LogP contribution in [0.3, 0.4) is 0 Å². The van der Waals surface area contributed by atoms with E-state index in [1.165, 1.54) is 0 Å². The molecule has 0 aliphatic rings. The molecule has 0 fully saturated rings. The van der Waals surface area contributed by atoms with Crippen LogP contribution in [0.25, 0.3) is 22.3 Å². The van der Waals surface area contributed by atoms with Gasteiger partial charge < -0.3 is 20.1 Å². The summed E-state index contributed by atoms with van der Waals surface area (Å²) in [5.41, 5.74) is 9.75. The summed E-state index contributed by atoms with van der Waals surface area (Å²) in [5.74, 6) is 0.954. The van der Waals surface area contributed by atoms with E-state index in [1.54, 1.807) is 25.1 Å². The smallest absolute Gasteiger partial charge is 0.196 e. The van der Waals surface area contributed by atoms with Crippen LogP contribution >= 0.6 is 0 Å². The number of oxime groups is 1. The molecule has 1 aromatic heterocycles. The molecule has 0 spiro atoms. The van der Waals surface area contributed by atoms with Gasteiger partial charge in [0.2, 0.25) is 0 Å². The molecule has 1 heterocycles. The minimum absolute atomic E-state index is 0.0459. The van der Waals surface area contributed by atoms with Gasteiger partial charge in [0.1, 0.15) is 23.2 Å². The summed E-state index contributed by atoms with van der Waals surface area (Å²) < 4.78 is 12.5. The molecule has 0 saturated heterocycles. The fraction of sp³-hybridized carbons (Fsp3) is 0.154. The third-order valence-corrected chi connectivity index (χ3v) is 5.44. The van der Waals surface area contributed by atoms with Crippen molar-refractivity contribution in [2.75, 3.05) is 0 Å². The van der Waals surface area contributed by atoms with E-state index < -0.39 is 6.10 Å². The molecule has 0 amide bonds. The first-order chi connectivity index (χ1) is 15.4. The molecule has 3 N–H and O–H groups in total. The van der Waals surface area contributed by atoms with E-state index >= 15 is 0 Å². The molecule has 0 aliphatic carbocycles. The van der Waals surface area contributed by atoms with E-state index in [1.807, 2.05) is 62.4 Å². The lowest BCUT2D eigenvalue weighted by Crippen LogP contribution is -2.16. The predicted molar refractivity (Wildman–Crippen MR) is 125 cm³/mol. The summed E-state index contributed by atoms with van der Waals surface area (Å²) in [7, 11) is 0. The van der Waals surface area contributed by atoms with Crippen molar-refractivity contribution < 1.29 is 14.4 Å². The maximum atomic E-state index is 13.2. The molecule has 0 radical (unpaired) electrons. The average Bonchev–Trinajstić information content (AvgIpc) is 2.81. The maximum Gasteiger partial charge on any atom is 0.196 e. The third-order valence-electron chi connectivity index (χ3n) is 5.44. The highest BCUT2D eigenvalue weighted by Crippen LogP contribution is 2.33. The normalized spacial score (nSPS) is 12.7. The van der Waals surface area contributed by atoms with E-state index in [2.05, 4.69) is 5.16 Å². The number of nitrogens with two attached hydrogens (primary N) is 1. The lowest BCUT2D eigenvalue weighted by molar-refractivity contribution is 0.226. The second kappa shape index (κ2) is 8.59. The van der Waals surface area contributed by atoms with Crippen molar-refractivity contribution in [2.24, 2.45) is 10.9 Å². The van der Waals surface area contributed by atoms with Gasteiger partial charge in [-0.25, -0.2) is 0 Å². The quantitative estimate of drug-likeness (QED) is 0.194. The Morgan fingerprint density at radius 3 is 2.47 bits per heavy atom. The van der Waals surface area contributed by atoms with Crippen LogP contribution < -0.4 is 15.9 Å². The third kappa shape index (κ3) is 3.83.